The minimum absolute atomic E-state index is 0.186. The minimum atomic E-state index is 0.186. The molecule has 0 amide bonds. The van der Waals surface area contributed by atoms with E-state index in [9.17, 15) is 0 Å². The Morgan fingerprint density at radius 2 is 1.62 bits per heavy atom. The Hall–Kier alpha value is -1.10. The van der Waals surface area contributed by atoms with E-state index in [2.05, 4.69) is 31.3 Å². The summed E-state index contributed by atoms with van der Waals surface area (Å²) in [6.45, 7) is 9.66. The predicted octanol–water partition coefficient (Wildman–Crippen LogP) is 3.04. The van der Waals surface area contributed by atoms with Gasteiger partial charge in [0.05, 0.1) is 32.5 Å². The summed E-state index contributed by atoms with van der Waals surface area (Å²) in [5, 5.41) is 3.27. The van der Waals surface area contributed by atoms with E-state index in [4.69, 9.17) is 14.2 Å². The van der Waals surface area contributed by atoms with Gasteiger partial charge in [0.25, 0.3) is 0 Å². The molecule has 120 valence electrons. The molecule has 1 aromatic rings. The third-order valence-electron chi connectivity index (χ3n) is 3.05. The number of hydrogen-bond donors (Lipinski definition) is 1. The lowest BCUT2D eigenvalue weighted by atomic mass is 10.1. The highest BCUT2D eigenvalue weighted by Crippen LogP contribution is 2.18. The van der Waals surface area contributed by atoms with Crippen molar-refractivity contribution >= 4 is 0 Å². The zero-order chi connectivity index (χ0) is 15.5. The standard InChI is InChI=1S/C17H29NO3/c1-5-21-16-8-6-15(7-9-16)17(18-4)13-20-11-10-19-12-14(2)3/h6-9,14,17-18H,5,10-13H2,1-4H3. The van der Waals surface area contributed by atoms with E-state index in [1.54, 1.807) is 0 Å². The third-order valence-corrected chi connectivity index (χ3v) is 3.05. The molecule has 0 aliphatic heterocycles. The second kappa shape index (κ2) is 10.6. The van der Waals surface area contributed by atoms with Crippen LogP contribution in [0.15, 0.2) is 24.3 Å². The fourth-order valence-electron chi connectivity index (χ4n) is 1.95. The number of likely N-dealkylation sites (N-methyl/N-ethyl adjacent to an activating group) is 1. The average Bonchev–Trinajstić information content (AvgIpc) is 2.48. The fourth-order valence-corrected chi connectivity index (χ4v) is 1.95. The van der Waals surface area contributed by atoms with Crippen molar-refractivity contribution in [3.05, 3.63) is 29.8 Å². The molecule has 4 nitrogen and oxygen atoms in total. The van der Waals surface area contributed by atoms with Crippen molar-refractivity contribution in [2.45, 2.75) is 26.8 Å². The Balaban J connectivity index is 2.30. The second-order valence-electron chi connectivity index (χ2n) is 5.39. The molecule has 0 saturated heterocycles. The Labute approximate surface area is 128 Å². The van der Waals surface area contributed by atoms with Crippen LogP contribution in [0.25, 0.3) is 0 Å². The molecule has 0 aliphatic rings. The summed E-state index contributed by atoms with van der Waals surface area (Å²) >= 11 is 0. The van der Waals surface area contributed by atoms with Gasteiger partial charge < -0.3 is 19.5 Å². The summed E-state index contributed by atoms with van der Waals surface area (Å²) < 4.78 is 16.6. The van der Waals surface area contributed by atoms with Crippen LogP contribution in [0.2, 0.25) is 0 Å². The normalized spacial score (nSPS) is 12.6. The molecule has 1 N–H and O–H groups in total. The zero-order valence-corrected chi connectivity index (χ0v) is 13.7. The summed E-state index contributed by atoms with van der Waals surface area (Å²) in [5.41, 5.74) is 1.20. The lowest BCUT2D eigenvalue weighted by Gasteiger charge is -2.17. The molecule has 0 saturated carbocycles. The van der Waals surface area contributed by atoms with Gasteiger partial charge in [-0.15, -0.1) is 0 Å². The molecule has 0 aromatic heterocycles. The Kier molecular flexibility index (Phi) is 9.06. The molecule has 4 heteroatoms. The van der Waals surface area contributed by atoms with Gasteiger partial charge in [-0.3, -0.25) is 0 Å². The molecule has 0 fully saturated rings. The summed E-state index contributed by atoms with van der Waals surface area (Å²) in [6.07, 6.45) is 0. The first-order valence-electron chi connectivity index (χ1n) is 7.72. The number of rotatable bonds is 11. The van der Waals surface area contributed by atoms with E-state index in [0.717, 1.165) is 12.4 Å². The van der Waals surface area contributed by atoms with Crippen molar-refractivity contribution in [2.24, 2.45) is 5.92 Å². The molecular weight excluding hydrogens is 266 g/mol. The molecule has 0 radical (unpaired) electrons. The van der Waals surface area contributed by atoms with E-state index in [-0.39, 0.29) is 6.04 Å². The fraction of sp³-hybridized carbons (Fsp3) is 0.647. The highest BCUT2D eigenvalue weighted by molar-refractivity contribution is 5.29. The summed E-state index contributed by atoms with van der Waals surface area (Å²) in [5.74, 6) is 1.47. The van der Waals surface area contributed by atoms with Crippen molar-refractivity contribution < 1.29 is 14.2 Å². The highest BCUT2D eigenvalue weighted by Gasteiger charge is 2.09. The maximum absolute atomic E-state index is 5.68. The smallest absolute Gasteiger partial charge is 0.119 e. The first-order chi connectivity index (χ1) is 10.2. The number of nitrogens with one attached hydrogen (secondary N) is 1. The maximum Gasteiger partial charge on any atom is 0.119 e. The largest absolute Gasteiger partial charge is 0.494 e. The van der Waals surface area contributed by atoms with Crippen molar-refractivity contribution in [1.82, 2.24) is 5.32 Å². The molecule has 1 unspecified atom stereocenters. The van der Waals surface area contributed by atoms with Gasteiger partial charge in [0.15, 0.2) is 0 Å². The molecule has 0 spiro atoms. The van der Waals surface area contributed by atoms with Gasteiger partial charge in [-0.1, -0.05) is 26.0 Å². The number of benzene rings is 1. The maximum atomic E-state index is 5.68. The quantitative estimate of drug-likeness (QED) is 0.637. The van der Waals surface area contributed by atoms with Crippen LogP contribution in [0.4, 0.5) is 0 Å². The molecule has 0 aliphatic carbocycles. The van der Waals surface area contributed by atoms with Crippen molar-refractivity contribution in [3.8, 4) is 5.75 Å². The molecule has 1 atom stereocenters. The van der Waals surface area contributed by atoms with Gasteiger partial charge in [-0.2, -0.15) is 0 Å². The van der Waals surface area contributed by atoms with E-state index < -0.39 is 0 Å². The Morgan fingerprint density at radius 1 is 1.00 bits per heavy atom. The van der Waals surface area contributed by atoms with E-state index in [1.165, 1.54) is 5.56 Å². The first-order valence-corrected chi connectivity index (χ1v) is 7.72. The van der Waals surface area contributed by atoms with Crippen LogP contribution in [0.5, 0.6) is 5.75 Å². The van der Waals surface area contributed by atoms with Gasteiger partial charge in [0.1, 0.15) is 5.75 Å². The molecule has 0 bridgehead atoms. The molecule has 0 heterocycles. The highest BCUT2D eigenvalue weighted by atomic mass is 16.5. The van der Waals surface area contributed by atoms with E-state index in [0.29, 0.717) is 32.3 Å². The Morgan fingerprint density at radius 3 is 2.14 bits per heavy atom. The predicted molar refractivity (Wildman–Crippen MR) is 85.9 cm³/mol. The summed E-state index contributed by atoms with van der Waals surface area (Å²) in [6, 6.07) is 8.32. The van der Waals surface area contributed by atoms with Gasteiger partial charge in [0.2, 0.25) is 0 Å². The van der Waals surface area contributed by atoms with Gasteiger partial charge in [-0.05, 0) is 37.6 Å². The number of ether oxygens (including phenoxy) is 3. The van der Waals surface area contributed by atoms with E-state index >= 15 is 0 Å². The van der Waals surface area contributed by atoms with Crippen molar-refractivity contribution in [2.75, 3.05) is 40.1 Å². The molecule has 1 rings (SSSR count). The van der Waals surface area contributed by atoms with Gasteiger partial charge in [0, 0.05) is 6.61 Å². The van der Waals surface area contributed by atoms with Crippen LogP contribution in [0, 0.1) is 5.92 Å². The number of hydrogen-bond acceptors (Lipinski definition) is 4. The van der Waals surface area contributed by atoms with Crippen LogP contribution in [0.1, 0.15) is 32.4 Å². The van der Waals surface area contributed by atoms with Crippen molar-refractivity contribution in [1.29, 1.82) is 0 Å². The minimum Gasteiger partial charge on any atom is -0.494 e. The third kappa shape index (κ3) is 7.46. The second-order valence-corrected chi connectivity index (χ2v) is 5.39. The summed E-state index contributed by atoms with van der Waals surface area (Å²) in [7, 11) is 1.94. The molecule has 1 aromatic carbocycles. The van der Waals surface area contributed by atoms with Crippen LogP contribution in [-0.2, 0) is 9.47 Å². The van der Waals surface area contributed by atoms with E-state index in [1.807, 2.05) is 26.1 Å². The van der Waals surface area contributed by atoms with Crippen molar-refractivity contribution in [3.63, 3.8) is 0 Å². The topological polar surface area (TPSA) is 39.7 Å². The lowest BCUT2D eigenvalue weighted by Crippen LogP contribution is -2.23. The first kappa shape index (κ1) is 18.0. The van der Waals surface area contributed by atoms with Crippen LogP contribution < -0.4 is 10.1 Å². The monoisotopic (exact) mass is 295 g/mol. The lowest BCUT2D eigenvalue weighted by molar-refractivity contribution is 0.0309. The SMILES string of the molecule is CCOc1ccc(C(COCCOCC(C)C)NC)cc1. The zero-order valence-electron chi connectivity index (χ0n) is 13.7. The Bertz CT molecular complexity index is 365. The van der Waals surface area contributed by atoms with Gasteiger partial charge >= 0.3 is 0 Å². The summed E-state index contributed by atoms with van der Waals surface area (Å²) in [4.78, 5) is 0. The average molecular weight is 295 g/mol. The molecular formula is C17H29NO3. The van der Waals surface area contributed by atoms with Gasteiger partial charge in [-0.25, -0.2) is 0 Å². The molecule has 21 heavy (non-hydrogen) atoms. The van der Waals surface area contributed by atoms with Crippen LogP contribution in [0.3, 0.4) is 0 Å². The van der Waals surface area contributed by atoms with Crippen LogP contribution in [-0.4, -0.2) is 40.1 Å². The van der Waals surface area contributed by atoms with Crippen LogP contribution >= 0.6 is 0 Å².